The fourth-order valence-electron chi connectivity index (χ4n) is 2.08. The van der Waals surface area contributed by atoms with Gasteiger partial charge in [0, 0.05) is 4.90 Å². The molecule has 0 aliphatic heterocycles. The normalized spacial score (nSPS) is 13.2. The van der Waals surface area contributed by atoms with E-state index in [1.807, 2.05) is 30.5 Å². The predicted molar refractivity (Wildman–Crippen MR) is 78.8 cm³/mol. The minimum absolute atomic E-state index is 0.476. The van der Waals surface area contributed by atoms with E-state index in [0.717, 1.165) is 22.6 Å². The molecule has 21 heavy (non-hydrogen) atoms. The van der Waals surface area contributed by atoms with Crippen LogP contribution in [0.5, 0.6) is 0 Å². The topological polar surface area (TPSA) is 38.0 Å². The molecule has 1 unspecified atom stereocenters. The predicted octanol–water partition coefficient (Wildman–Crippen LogP) is 3.98. The number of hydrazine groups is 1. The maximum absolute atomic E-state index is 12.8. The van der Waals surface area contributed by atoms with Gasteiger partial charge in [0.25, 0.3) is 0 Å². The zero-order valence-corrected chi connectivity index (χ0v) is 12.1. The van der Waals surface area contributed by atoms with Crippen molar-refractivity contribution in [3.8, 4) is 0 Å². The van der Waals surface area contributed by atoms with Gasteiger partial charge in [-0.1, -0.05) is 24.3 Å². The summed E-state index contributed by atoms with van der Waals surface area (Å²) >= 11 is 1.60. The summed E-state index contributed by atoms with van der Waals surface area (Å²) in [7, 11) is 0. The highest BCUT2D eigenvalue weighted by Gasteiger charge is 2.31. The molecule has 6 heteroatoms. The molecular weight excluding hydrogens is 297 g/mol. The molecule has 0 bridgehead atoms. The minimum Gasteiger partial charge on any atom is -0.271 e. The van der Waals surface area contributed by atoms with Crippen molar-refractivity contribution in [3.05, 3.63) is 65.2 Å². The molecule has 2 rings (SSSR count). The van der Waals surface area contributed by atoms with Crippen molar-refractivity contribution >= 4 is 11.8 Å². The molecule has 0 radical (unpaired) electrons. The highest BCUT2D eigenvalue weighted by Crippen LogP contribution is 2.32. The second-order valence-corrected chi connectivity index (χ2v) is 5.38. The Balaban J connectivity index is 2.36. The van der Waals surface area contributed by atoms with E-state index in [-0.39, 0.29) is 0 Å². The number of benzene rings is 2. The lowest BCUT2D eigenvalue weighted by atomic mass is 9.97. The van der Waals surface area contributed by atoms with Crippen molar-refractivity contribution in [1.82, 2.24) is 5.43 Å². The van der Waals surface area contributed by atoms with E-state index in [9.17, 15) is 13.2 Å². The molecule has 0 aliphatic rings. The van der Waals surface area contributed by atoms with Gasteiger partial charge in [0.2, 0.25) is 0 Å². The van der Waals surface area contributed by atoms with Crippen LogP contribution in [-0.4, -0.2) is 6.26 Å². The highest BCUT2D eigenvalue weighted by atomic mass is 32.2. The van der Waals surface area contributed by atoms with Gasteiger partial charge in [-0.2, -0.15) is 13.2 Å². The van der Waals surface area contributed by atoms with E-state index in [0.29, 0.717) is 5.56 Å². The maximum Gasteiger partial charge on any atom is 0.416 e. The number of nitrogens with two attached hydrogens (primary N) is 1. The quantitative estimate of drug-likeness (QED) is 0.509. The molecule has 0 saturated carbocycles. The van der Waals surface area contributed by atoms with E-state index in [4.69, 9.17) is 5.84 Å². The number of thioether (sulfide) groups is 1. The first-order valence-electron chi connectivity index (χ1n) is 6.23. The summed E-state index contributed by atoms with van der Waals surface area (Å²) in [5, 5.41) is 0. The van der Waals surface area contributed by atoms with Crippen LogP contribution >= 0.6 is 11.8 Å². The van der Waals surface area contributed by atoms with Crippen LogP contribution in [0.3, 0.4) is 0 Å². The molecule has 0 amide bonds. The smallest absolute Gasteiger partial charge is 0.271 e. The van der Waals surface area contributed by atoms with Crippen LogP contribution < -0.4 is 11.3 Å². The molecule has 2 aromatic carbocycles. The monoisotopic (exact) mass is 312 g/mol. The zero-order chi connectivity index (χ0) is 15.5. The average Bonchev–Trinajstić information content (AvgIpc) is 2.48. The molecular formula is C15H15F3N2S. The average molecular weight is 312 g/mol. The molecule has 1 atom stereocenters. The Hall–Kier alpha value is -1.50. The Kier molecular flexibility index (Phi) is 4.92. The first-order chi connectivity index (χ1) is 9.95. The second-order valence-electron chi connectivity index (χ2n) is 4.50. The second kappa shape index (κ2) is 6.51. The van der Waals surface area contributed by atoms with Crippen molar-refractivity contribution in [2.75, 3.05) is 6.26 Å². The minimum atomic E-state index is -4.36. The van der Waals surface area contributed by atoms with Crippen LogP contribution in [0.4, 0.5) is 13.2 Å². The van der Waals surface area contributed by atoms with E-state index in [1.54, 1.807) is 17.8 Å². The largest absolute Gasteiger partial charge is 0.416 e. The summed E-state index contributed by atoms with van der Waals surface area (Å²) in [4.78, 5) is 1.08. The summed E-state index contributed by atoms with van der Waals surface area (Å²) in [6, 6.07) is 12.2. The van der Waals surface area contributed by atoms with Gasteiger partial charge < -0.3 is 0 Å². The zero-order valence-electron chi connectivity index (χ0n) is 11.3. The fourth-order valence-corrected chi connectivity index (χ4v) is 2.48. The summed E-state index contributed by atoms with van der Waals surface area (Å²) < 4.78 is 38.3. The Morgan fingerprint density at radius 3 is 2.24 bits per heavy atom. The van der Waals surface area contributed by atoms with Crippen LogP contribution in [0, 0.1) is 0 Å². The molecule has 0 saturated heterocycles. The van der Waals surface area contributed by atoms with Crippen LogP contribution in [0.1, 0.15) is 22.7 Å². The lowest BCUT2D eigenvalue weighted by Gasteiger charge is -2.18. The van der Waals surface area contributed by atoms with Crippen molar-refractivity contribution in [1.29, 1.82) is 0 Å². The third-order valence-corrected chi connectivity index (χ3v) is 3.91. The van der Waals surface area contributed by atoms with E-state index in [2.05, 4.69) is 5.43 Å². The standard InChI is InChI=1S/C15H15F3N2S/c1-21-13-7-5-10(6-8-13)14(20-19)11-3-2-4-12(9-11)15(16,17)18/h2-9,14,20H,19H2,1H3. The van der Waals surface area contributed by atoms with E-state index >= 15 is 0 Å². The van der Waals surface area contributed by atoms with E-state index < -0.39 is 17.8 Å². The van der Waals surface area contributed by atoms with Gasteiger partial charge in [0.05, 0.1) is 11.6 Å². The van der Waals surface area contributed by atoms with Crippen molar-refractivity contribution in [2.24, 2.45) is 5.84 Å². The Labute approximate surface area is 125 Å². The van der Waals surface area contributed by atoms with E-state index in [1.165, 1.54) is 6.07 Å². The van der Waals surface area contributed by atoms with Gasteiger partial charge in [0.15, 0.2) is 0 Å². The van der Waals surface area contributed by atoms with Crippen molar-refractivity contribution in [2.45, 2.75) is 17.1 Å². The van der Waals surface area contributed by atoms with Crippen molar-refractivity contribution < 1.29 is 13.2 Å². The number of halogens is 3. The van der Waals surface area contributed by atoms with Gasteiger partial charge in [0.1, 0.15) is 0 Å². The number of rotatable bonds is 4. The molecule has 0 heterocycles. The summed E-state index contributed by atoms with van der Waals surface area (Å²) in [6.07, 6.45) is -2.40. The lowest BCUT2D eigenvalue weighted by Crippen LogP contribution is -2.29. The molecule has 3 N–H and O–H groups in total. The van der Waals surface area contributed by atoms with Crippen LogP contribution in [0.15, 0.2) is 53.4 Å². The molecule has 0 aliphatic carbocycles. The number of alkyl halides is 3. The first-order valence-corrected chi connectivity index (χ1v) is 7.45. The number of hydrogen-bond acceptors (Lipinski definition) is 3. The number of nitrogens with one attached hydrogen (secondary N) is 1. The first kappa shape index (κ1) is 15.9. The van der Waals surface area contributed by atoms with Gasteiger partial charge in [-0.05, 0) is 41.6 Å². The molecule has 0 aromatic heterocycles. The molecule has 2 nitrogen and oxygen atoms in total. The molecule has 0 fully saturated rings. The van der Waals surface area contributed by atoms with Crippen LogP contribution in [0.2, 0.25) is 0 Å². The summed E-state index contributed by atoms with van der Waals surface area (Å²) in [5.41, 5.74) is 3.19. The fraction of sp³-hybridized carbons (Fsp3) is 0.200. The van der Waals surface area contributed by atoms with Gasteiger partial charge in [-0.15, -0.1) is 11.8 Å². The SMILES string of the molecule is CSc1ccc(C(NN)c2cccc(C(F)(F)F)c2)cc1. The molecule has 112 valence electrons. The number of hydrogen-bond donors (Lipinski definition) is 2. The third kappa shape index (κ3) is 3.78. The maximum atomic E-state index is 12.8. The van der Waals surface area contributed by atoms with Crippen LogP contribution in [-0.2, 0) is 6.18 Å². The molecule has 2 aromatic rings. The summed E-state index contributed by atoms with van der Waals surface area (Å²) in [6.45, 7) is 0. The van der Waals surface area contributed by atoms with Gasteiger partial charge in [-0.3, -0.25) is 5.84 Å². The lowest BCUT2D eigenvalue weighted by molar-refractivity contribution is -0.137. The summed E-state index contributed by atoms with van der Waals surface area (Å²) in [5.74, 6) is 5.53. The molecule has 0 spiro atoms. The van der Waals surface area contributed by atoms with Gasteiger partial charge in [-0.25, -0.2) is 5.43 Å². The Morgan fingerprint density at radius 2 is 1.71 bits per heavy atom. The van der Waals surface area contributed by atoms with Gasteiger partial charge >= 0.3 is 6.18 Å². The Morgan fingerprint density at radius 1 is 1.05 bits per heavy atom. The third-order valence-electron chi connectivity index (χ3n) is 3.16. The van der Waals surface area contributed by atoms with Crippen molar-refractivity contribution in [3.63, 3.8) is 0 Å². The van der Waals surface area contributed by atoms with Crippen LogP contribution in [0.25, 0.3) is 0 Å². The highest BCUT2D eigenvalue weighted by molar-refractivity contribution is 7.98. The Bertz CT molecular complexity index is 597.